The first kappa shape index (κ1) is 36.0. The molecule has 266 valence electrons. The summed E-state index contributed by atoms with van der Waals surface area (Å²) in [5, 5.41) is 14.0. The van der Waals surface area contributed by atoms with Crippen LogP contribution in [0.15, 0.2) is 23.3 Å². The second kappa shape index (κ2) is 16.4. The second-order valence-electron chi connectivity index (χ2n) is 13.3. The van der Waals surface area contributed by atoms with Crippen molar-refractivity contribution in [3.8, 4) is 0 Å². The number of carbonyl (C=O) groups is 3. The summed E-state index contributed by atoms with van der Waals surface area (Å²) in [6.45, 7) is 4.45. The van der Waals surface area contributed by atoms with Crippen LogP contribution >= 0.6 is 0 Å². The molecule has 0 bridgehead atoms. The zero-order chi connectivity index (χ0) is 35.1. The van der Waals surface area contributed by atoms with Gasteiger partial charge < -0.3 is 25.5 Å². The molecule has 0 spiro atoms. The number of aliphatic carboxylic acids is 1. The molecule has 1 saturated heterocycles. The first-order valence-corrected chi connectivity index (χ1v) is 17.5. The maximum absolute atomic E-state index is 14.5. The molecular formula is C36H49F2N7O4. The summed E-state index contributed by atoms with van der Waals surface area (Å²) >= 11 is 0. The summed E-state index contributed by atoms with van der Waals surface area (Å²) in [5.74, 6) is 0.0808. The van der Waals surface area contributed by atoms with Crippen molar-refractivity contribution in [3.63, 3.8) is 0 Å². The maximum Gasteiger partial charge on any atom is 0.303 e. The molecule has 2 amide bonds. The van der Waals surface area contributed by atoms with E-state index < -0.39 is 12.4 Å². The molecule has 49 heavy (non-hydrogen) atoms. The van der Waals surface area contributed by atoms with Gasteiger partial charge in [0.1, 0.15) is 0 Å². The van der Waals surface area contributed by atoms with Crippen LogP contribution in [0, 0.1) is 0 Å². The molecule has 2 aromatic rings. The third-order valence-corrected chi connectivity index (χ3v) is 10.1. The van der Waals surface area contributed by atoms with Gasteiger partial charge in [0, 0.05) is 99.9 Å². The number of benzene rings is 1. The number of anilines is 2. The number of carboxylic acids is 1. The molecule has 4 heterocycles. The molecule has 1 aromatic heterocycles. The number of hydrogen-bond donors (Lipinski definition) is 2. The predicted molar refractivity (Wildman–Crippen MR) is 185 cm³/mol. The Bertz CT molecular complexity index is 1580. The van der Waals surface area contributed by atoms with Gasteiger partial charge in [-0.15, -0.1) is 0 Å². The highest BCUT2D eigenvalue weighted by atomic mass is 19.3. The number of amides is 2. The van der Waals surface area contributed by atoms with Crippen LogP contribution in [0.5, 0.6) is 0 Å². The number of aliphatic imine (C=N–C) groups is 1. The highest BCUT2D eigenvalue weighted by Crippen LogP contribution is 2.42. The quantitative estimate of drug-likeness (QED) is 0.202. The van der Waals surface area contributed by atoms with Gasteiger partial charge in [0.25, 0.3) is 6.43 Å². The van der Waals surface area contributed by atoms with Crippen molar-refractivity contribution in [1.82, 2.24) is 19.6 Å². The Hall–Kier alpha value is -4.29. The Morgan fingerprint density at radius 3 is 2.39 bits per heavy atom. The molecule has 0 atom stereocenters. The van der Waals surface area contributed by atoms with Crippen LogP contribution in [0.4, 0.5) is 20.3 Å². The monoisotopic (exact) mass is 681 g/mol. The molecular weight excluding hydrogens is 632 g/mol. The first-order valence-electron chi connectivity index (χ1n) is 17.5. The molecule has 1 fully saturated rings. The van der Waals surface area contributed by atoms with Gasteiger partial charge in [-0.3, -0.25) is 24.1 Å². The third-order valence-electron chi connectivity index (χ3n) is 10.1. The number of hydrogen-bond acceptors (Lipinski definition) is 7. The number of rotatable bonds is 13. The summed E-state index contributed by atoms with van der Waals surface area (Å²) in [6, 6.07) is 3.46. The van der Waals surface area contributed by atoms with Crippen LogP contribution in [-0.4, -0.2) is 81.9 Å². The maximum atomic E-state index is 14.5. The lowest BCUT2D eigenvalue weighted by Crippen LogP contribution is -2.40. The highest BCUT2D eigenvalue weighted by Gasteiger charge is 2.35. The average Bonchev–Trinajstić information content (AvgIpc) is 3.47. The molecule has 13 heteroatoms. The van der Waals surface area contributed by atoms with E-state index >= 15 is 0 Å². The van der Waals surface area contributed by atoms with Crippen molar-refractivity contribution in [2.45, 2.75) is 103 Å². The van der Waals surface area contributed by atoms with Crippen LogP contribution in [-0.2, 0) is 33.8 Å². The van der Waals surface area contributed by atoms with E-state index in [9.17, 15) is 23.2 Å². The Balaban J connectivity index is 1.36. The van der Waals surface area contributed by atoms with Gasteiger partial charge in [-0.2, -0.15) is 5.10 Å². The van der Waals surface area contributed by atoms with Gasteiger partial charge in [0.2, 0.25) is 11.8 Å². The fourth-order valence-corrected chi connectivity index (χ4v) is 7.46. The zero-order valence-corrected chi connectivity index (χ0v) is 28.7. The number of nitrogens with zero attached hydrogens (tertiary/aromatic N) is 6. The predicted octanol–water partition coefficient (Wildman–Crippen LogP) is 5.79. The minimum atomic E-state index is -2.72. The fraction of sp³-hybridized carbons (Fsp3) is 0.583. The molecule has 0 unspecified atom stereocenters. The smallest absolute Gasteiger partial charge is 0.303 e. The number of unbranched alkanes of at least 4 members (excludes halogenated alkanes) is 4. The molecule has 3 N–H and O–H groups in total. The Morgan fingerprint density at radius 1 is 1.02 bits per heavy atom. The molecule has 3 aliphatic heterocycles. The number of allylic oxidation sites excluding steroid dienone is 1. The van der Waals surface area contributed by atoms with Crippen LogP contribution < -0.4 is 10.6 Å². The number of carbonyl (C=O) groups excluding carboxylic acids is 2. The lowest BCUT2D eigenvalue weighted by molar-refractivity contribution is -0.137. The summed E-state index contributed by atoms with van der Waals surface area (Å²) in [7, 11) is 1.58. The van der Waals surface area contributed by atoms with Crippen molar-refractivity contribution < 1.29 is 28.3 Å². The molecule has 0 radical (unpaired) electrons. The van der Waals surface area contributed by atoms with Crippen molar-refractivity contribution in [2.24, 2.45) is 10.7 Å². The average molecular weight is 682 g/mol. The van der Waals surface area contributed by atoms with E-state index in [0.29, 0.717) is 74.6 Å². The largest absolute Gasteiger partial charge is 0.481 e. The number of aryl methyl sites for hydroxylation is 1. The van der Waals surface area contributed by atoms with Gasteiger partial charge in [-0.05, 0) is 61.8 Å². The Kier molecular flexibility index (Phi) is 12.1. The van der Waals surface area contributed by atoms with Crippen molar-refractivity contribution in [3.05, 3.63) is 46.3 Å². The van der Waals surface area contributed by atoms with Crippen LogP contribution in [0.1, 0.15) is 112 Å². The van der Waals surface area contributed by atoms with Gasteiger partial charge in [-0.25, -0.2) is 8.78 Å². The molecule has 0 aliphatic carbocycles. The van der Waals surface area contributed by atoms with E-state index in [1.54, 1.807) is 26.1 Å². The normalized spacial score (nSPS) is 17.2. The number of fused-ring (bicyclic) bond motifs is 2. The number of likely N-dealkylation sites (tertiary alicyclic amines) is 1. The molecule has 0 saturated carbocycles. The topological polar surface area (TPSA) is 137 Å². The van der Waals surface area contributed by atoms with Gasteiger partial charge in [0.05, 0.1) is 12.6 Å². The zero-order valence-electron chi connectivity index (χ0n) is 28.7. The standard InChI is InChI=1S/C36H49F2N7O4/c1-24(46)43-18-14-31-30(23-43)36(44-15-8-9-25-19-28(26(21-39)22-40-2)29(35(37)38)20-32(25)44)41-45(31)27-12-16-42(17-13-27)33(47)10-6-4-3-5-7-11-34(48)49/h19-22,27,35H,3-18,23,39H2,1-2H3,(H,48,49)/b26-21+,40-22?. The lowest BCUT2D eigenvalue weighted by atomic mass is 9.92. The molecule has 5 rings (SSSR count). The van der Waals surface area contributed by atoms with Crippen LogP contribution in [0.3, 0.4) is 0 Å². The van der Waals surface area contributed by atoms with Crippen LogP contribution in [0.25, 0.3) is 5.57 Å². The van der Waals surface area contributed by atoms with E-state index in [4.69, 9.17) is 15.9 Å². The third kappa shape index (κ3) is 8.30. The van der Waals surface area contributed by atoms with Gasteiger partial charge in [0.15, 0.2) is 5.82 Å². The van der Waals surface area contributed by atoms with Crippen molar-refractivity contribution >= 4 is 41.1 Å². The van der Waals surface area contributed by atoms with E-state index in [-0.39, 0.29) is 29.8 Å². The number of aromatic nitrogens is 2. The minimum absolute atomic E-state index is 0.0150. The molecule has 1 aromatic carbocycles. The van der Waals surface area contributed by atoms with Crippen LogP contribution in [0.2, 0.25) is 0 Å². The molecule has 11 nitrogen and oxygen atoms in total. The second-order valence-corrected chi connectivity index (χ2v) is 13.3. The van der Waals surface area contributed by atoms with E-state index in [1.807, 2.05) is 14.7 Å². The number of carboxylic acid groups (broad SMARTS) is 1. The lowest BCUT2D eigenvalue weighted by Gasteiger charge is -2.34. The SMILES string of the molecule is CN=C/C(=C\N)c1cc2c(cc1C(F)F)N(c1nn(C3CCN(C(=O)CCCCCCCC(=O)O)CC3)c3c1CN(C(C)=O)CC3)CCC2. The number of alkyl halides is 2. The molecule has 3 aliphatic rings. The summed E-state index contributed by atoms with van der Waals surface area (Å²) in [4.78, 5) is 46.0. The van der Waals surface area contributed by atoms with E-state index in [1.165, 1.54) is 12.4 Å². The highest BCUT2D eigenvalue weighted by molar-refractivity contribution is 6.10. The first-order chi connectivity index (χ1) is 23.6. The summed E-state index contributed by atoms with van der Waals surface area (Å²) < 4.78 is 31.2. The Morgan fingerprint density at radius 2 is 1.73 bits per heavy atom. The van der Waals surface area contributed by atoms with Gasteiger partial charge in [-0.1, -0.05) is 19.3 Å². The fourth-order valence-electron chi connectivity index (χ4n) is 7.46. The number of halogens is 2. The Labute approximate surface area is 286 Å². The number of piperidine rings is 1. The van der Waals surface area contributed by atoms with E-state index in [2.05, 4.69) is 9.67 Å². The minimum Gasteiger partial charge on any atom is -0.481 e. The van der Waals surface area contributed by atoms with Crippen molar-refractivity contribution in [2.75, 3.05) is 38.1 Å². The van der Waals surface area contributed by atoms with Gasteiger partial charge >= 0.3 is 5.97 Å². The summed E-state index contributed by atoms with van der Waals surface area (Å²) in [5.41, 5.74) is 10.2. The number of nitrogens with two attached hydrogens (primary N) is 1. The van der Waals surface area contributed by atoms with E-state index in [0.717, 1.165) is 68.2 Å². The van der Waals surface area contributed by atoms with Crippen molar-refractivity contribution in [1.29, 1.82) is 0 Å². The summed E-state index contributed by atoms with van der Waals surface area (Å²) in [6.07, 6.45) is 8.66.